The monoisotopic (exact) mass is 230 g/mol. The molecule has 2 radical (unpaired) electrons. The molecule has 0 nitrogen and oxygen atoms in total. The van der Waals surface area contributed by atoms with Gasteiger partial charge in [0.15, 0.2) is 0 Å². The van der Waals surface area contributed by atoms with Gasteiger partial charge in [-0.2, -0.15) is 0 Å². The zero-order valence-electron chi connectivity index (χ0n) is 5.90. The van der Waals surface area contributed by atoms with Crippen LogP contribution >= 0.6 is 0 Å². The van der Waals surface area contributed by atoms with E-state index in [4.69, 9.17) is 0 Å². The summed E-state index contributed by atoms with van der Waals surface area (Å²) in [4.78, 5) is 0. The van der Waals surface area contributed by atoms with E-state index in [0.717, 1.165) is 9.35 Å². The molecule has 3 fully saturated rings. The summed E-state index contributed by atoms with van der Waals surface area (Å²) < 4.78 is 0.916. The number of fused-ring (bicyclic) bond motifs is 3. The molecular formula is C8H14Sn. The number of rotatable bonds is 0. The molecule has 0 aromatic heterocycles. The van der Waals surface area contributed by atoms with Gasteiger partial charge in [-0.1, -0.05) is 0 Å². The summed E-state index contributed by atoms with van der Waals surface area (Å²) in [6.45, 7) is 0. The second-order valence-electron chi connectivity index (χ2n) is 3.84. The molecule has 0 unspecified atom stereocenters. The molecule has 0 aromatic rings. The molecule has 9 heavy (non-hydrogen) atoms. The molecular weight excluding hydrogens is 215 g/mol. The fraction of sp³-hybridized carbons (Fsp3) is 1.00. The van der Waals surface area contributed by atoms with Gasteiger partial charge in [-0.25, -0.2) is 0 Å². The Morgan fingerprint density at radius 2 is 1.44 bits per heavy atom. The van der Waals surface area contributed by atoms with E-state index in [9.17, 15) is 0 Å². The van der Waals surface area contributed by atoms with Gasteiger partial charge in [0, 0.05) is 0 Å². The summed E-state index contributed by atoms with van der Waals surface area (Å²) in [7, 11) is 0. The Morgan fingerprint density at radius 1 is 1.00 bits per heavy atom. The van der Waals surface area contributed by atoms with Gasteiger partial charge in [-0.15, -0.1) is 0 Å². The van der Waals surface area contributed by atoms with Crippen LogP contribution in [-0.4, -0.2) is 22.5 Å². The molecule has 0 N–H and O–H groups in total. The van der Waals surface area contributed by atoms with Crippen LogP contribution in [-0.2, 0) is 0 Å². The second-order valence-corrected chi connectivity index (χ2v) is 7.34. The van der Waals surface area contributed by atoms with Crippen molar-refractivity contribution in [2.24, 2.45) is 5.92 Å². The summed E-state index contributed by atoms with van der Waals surface area (Å²) >= 11 is 1.53. The maximum absolute atomic E-state index is 1.58. The second kappa shape index (κ2) is 2.14. The fourth-order valence-electron chi connectivity index (χ4n) is 2.28. The molecule has 0 aliphatic heterocycles. The van der Waals surface area contributed by atoms with E-state index in [1.54, 1.807) is 38.5 Å². The van der Waals surface area contributed by atoms with Gasteiger partial charge in [0.05, 0.1) is 0 Å². The Kier molecular flexibility index (Phi) is 1.55. The first-order valence-electron chi connectivity index (χ1n) is 4.07. The van der Waals surface area contributed by atoms with Crippen LogP contribution in [0.4, 0.5) is 0 Å². The SMILES string of the molecule is [SnH][C]12CCC(CC1)CC2. The molecule has 3 aliphatic rings. The molecule has 0 aromatic carbocycles. The van der Waals surface area contributed by atoms with Crippen molar-refractivity contribution in [2.75, 3.05) is 0 Å². The molecule has 0 atom stereocenters. The van der Waals surface area contributed by atoms with Crippen molar-refractivity contribution in [2.45, 2.75) is 42.0 Å². The van der Waals surface area contributed by atoms with Crippen molar-refractivity contribution in [1.82, 2.24) is 0 Å². The van der Waals surface area contributed by atoms with E-state index in [1.165, 1.54) is 22.5 Å². The minimum atomic E-state index is 0.916. The van der Waals surface area contributed by atoms with E-state index in [2.05, 4.69) is 0 Å². The van der Waals surface area contributed by atoms with Crippen LogP contribution in [0.25, 0.3) is 0 Å². The summed E-state index contributed by atoms with van der Waals surface area (Å²) in [5.41, 5.74) is 0. The van der Waals surface area contributed by atoms with Gasteiger partial charge >= 0.3 is 70.4 Å². The molecule has 50 valence electrons. The van der Waals surface area contributed by atoms with Crippen LogP contribution in [0.1, 0.15) is 38.5 Å². The summed E-state index contributed by atoms with van der Waals surface area (Å²) in [5, 5.41) is 0. The Labute approximate surface area is 70.5 Å². The molecule has 3 saturated carbocycles. The van der Waals surface area contributed by atoms with Gasteiger partial charge < -0.3 is 0 Å². The minimum absolute atomic E-state index is 0.916. The van der Waals surface area contributed by atoms with E-state index < -0.39 is 0 Å². The van der Waals surface area contributed by atoms with Crippen molar-refractivity contribution in [1.29, 1.82) is 0 Å². The Hall–Kier alpha value is 0.799. The van der Waals surface area contributed by atoms with E-state index in [-0.39, 0.29) is 0 Å². The number of hydrogen-bond donors (Lipinski definition) is 0. The molecule has 0 spiro atoms. The van der Waals surface area contributed by atoms with Crippen LogP contribution in [0.2, 0.25) is 3.43 Å². The average molecular weight is 229 g/mol. The quantitative estimate of drug-likeness (QED) is 0.557. The van der Waals surface area contributed by atoms with E-state index in [1.807, 2.05) is 0 Å². The van der Waals surface area contributed by atoms with Gasteiger partial charge in [0.2, 0.25) is 0 Å². The first kappa shape index (κ1) is 6.51. The fourth-order valence-corrected chi connectivity index (χ4v) is 3.71. The van der Waals surface area contributed by atoms with Gasteiger partial charge in [0.1, 0.15) is 0 Å². The van der Waals surface area contributed by atoms with Crippen LogP contribution in [0.3, 0.4) is 0 Å². The zero-order chi connectivity index (χ0) is 6.32. The standard InChI is InChI=1S/C8H13.Sn.H/c1-2-8-5-3-7(1)4-6-8;;/h7H,1-6H2;;. The maximum atomic E-state index is 1.58. The molecule has 3 aliphatic carbocycles. The Balaban J connectivity index is 2.11. The predicted octanol–water partition coefficient (Wildman–Crippen LogP) is 2.03. The van der Waals surface area contributed by atoms with Crippen LogP contribution in [0, 0.1) is 5.92 Å². The molecule has 0 saturated heterocycles. The third-order valence-corrected chi connectivity index (χ3v) is 5.62. The topological polar surface area (TPSA) is 0 Å². The van der Waals surface area contributed by atoms with Gasteiger partial charge in [0.25, 0.3) is 0 Å². The molecule has 0 heterocycles. The van der Waals surface area contributed by atoms with Gasteiger partial charge in [-0.3, -0.25) is 0 Å². The van der Waals surface area contributed by atoms with E-state index in [0.29, 0.717) is 0 Å². The first-order chi connectivity index (χ1) is 4.29. The van der Waals surface area contributed by atoms with Crippen molar-refractivity contribution in [3.05, 3.63) is 0 Å². The first-order valence-corrected chi connectivity index (χ1v) is 5.72. The van der Waals surface area contributed by atoms with Crippen molar-refractivity contribution in [3.63, 3.8) is 0 Å². The van der Waals surface area contributed by atoms with Crippen molar-refractivity contribution < 1.29 is 0 Å². The van der Waals surface area contributed by atoms with Crippen LogP contribution in [0.5, 0.6) is 0 Å². The van der Waals surface area contributed by atoms with Gasteiger partial charge in [-0.05, 0) is 0 Å². The molecule has 3 rings (SSSR count). The molecule has 1 heteroatoms. The van der Waals surface area contributed by atoms with Crippen LogP contribution in [0.15, 0.2) is 0 Å². The zero-order valence-corrected chi connectivity index (χ0v) is 9.19. The Morgan fingerprint density at radius 3 is 1.67 bits per heavy atom. The third-order valence-electron chi connectivity index (χ3n) is 3.15. The van der Waals surface area contributed by atoms with E-state index >= 15 is 0 Å². The average Bonchev–Trinajstić information content (AvgIpc) is 1.90. The molecule has 0 amide bonds. The van der Waals surface area contributed by atoms with Crippen molar-refractivity contribution >= 4 is 22.5 Å². The Bertz CT molecular complexity index is 98.0. The molecule has 2 bridgehead atoms. The predicted molar refractivity (Wildman–Crippen MR) is 41.0 cm³/mol. The normalized spacial score (nSPS) is 49.7. The van der Waals surface area contributed by atoms with Crippen molar-refractivity contribution in [3.8, 4) is 0 Å². The summed E-state index contributed by atoms with van der Waals surface area (Å²) in [6.07, 6.45) is 9.46. The van der Waals surface area contributed by atoms with Crippen LogP contribution < -0.4 is 0 Å². The number of hydrogen-bond acceptors (Lipinski definition) is 0. The summed E-state index contributed by atoms with van der Waals surface area (Å²) in [5.74, 6) is 1.15. The third kappa shape index (κ3) is 1.15. The summed E-state index contributed by atoms with van der Waals surface area (Å²) in [6, 6.07) is 0.